The van der Waals surface area contributed by atoms with Gasteiger partial charge >= 0.3 is 0 Å². The molecule has 1 aliphatic carbocycles. The van der Waals surface area contributed by atoms with Crippen molar-refractivity contribution in [3.8, 4) is 5.75 Å². The molecule has 1 amide bonds. The van der Waals surface area contributed by atoms with Crippen molar-refractivity contribution in [1.29, 1.82) is 0 Å². The molecule has 3 atom stereocenters. The Morgan fingerprint density at radius 2 is 2.03 bits per heavy atom. The molecule has 0 bridgehead atoms. The van der Waals surface area contributed by atoms with Gasteiger partial charge in [0.25, 0.3) is 5.91 Å². The summed E-state index contributed by atoms with van der Waals surface area (Å²) in [5, 5.41) is 3.24. The van der Waals surface area contributed by atoms with Gasteiger partial charge in [-0.05, 0) is 61.6 Å². The zero-order chi connectivity index (χ0) is 20.6. The van der Waals surface area contributed by atoms with E-state index in [-0.39, 0.29) is 5.91 Å². The van der Waals surface area contributed by atoms with Crippen LogP contribution in [-0.4, -0.2) is 49.3 Å². The monoisotopic (exact) mass is 418 g/mol. The first kappa shape index (κ1) is 22.5. The van der Waals surface area contributed by atoms with Gasteiger partial charge in [-0.25, -0.2) is 0 Å². The molecule has 1 aliphatic heterocycles. The van der Waals surface area contributed by atoms with Crippen LogP contribution < -0.4 is 10.1 Å². The molecule has 1 heterocycles. The fraction of sp³-hybridized carbons (Fsp3) is 0.708. The predicted molar refractivity (Wildman–Crippen MR) is 122 cm³/mol. The van der Waals surface area contributed by atoms with Crippen LogP contribution in [0.4, 0.5) is 0 Å². The van der Waals surface area contributed by atoms with Gasteiger partial charge in [0.2, 0.25) is 0 Å². The van der Waals surface area contributed by atoms with Crippen molar-refractivity contribution in [2.24, 2.45) is 11.8 Å². The lowest BCUT2D eigenvalue weighted by Crippen LogP contribution is -2.52. The highest BCUT2D eigenvalue weighted by molar-refractivity contribution is 7.99. The highest BCUT2D eigenvalue weighted by atomic mass is 32.2. The molecule has 0 aromatic heterocycles. The van der Waals surface area contributed by atoms with Crippen molar-refractivity contribution in [1.82, 2.24) is 10.2 Å². The van der Waals surface area contributed by atoms with Crippen LogP contribution in [0.2, 0.25) is 0 Å². The van der Waals surface area contributed by atoms with Gasteiger partial charge in [0.05, 0.1) is 12.7 Å². The number of ether oxygens (including phenoxy) is 1. The largest absolute Gasteiger partial charge is 0.496 e. The van der Waals surface area contributed by atoms with Gasteiger partial charge in [-0.3, -0.25) is 9.69 Å². The maximum Gasteiger partial charge on any atom is 0.255 e. The number of carbonyl (C=O) groups is 1. The Kier molecular flexibility index (Phi) is 8.73. The number of benzene rings is 1. The summed E-state index contributed by atoms with van der Waals surface area (Å²) in [7, 11) is 1.63. The molecular formula is C24H38N2O2S. The van der Waals surface area contributed by atoms with Gasteiger partial charge in [0.15, 0.2) is 0 Å². The summed E-state index contributed by atoms with van der Waals surface area (Å²) in [4.78, 5) is 16.8. The molecule has 1 aromatic rings. The van der Waals surface area contributed by atoms with Crippen molar-refractivity contribution in [2.45, 2.75) is 69.7 Å². The summed E-state index contributed by atoms with van der Waals surface area (Å²) >= 11 is 1.75. The van der Waals surface area contributed by atoms with Crippen molar-refractivity contribution in [3.05, 3.63) is 23.8 Å². The second-order valence-electron chi connectivity index (χ2n) is 8.55. The van der Waals surface area contributed by atoms with Crippen molar-refractivity contribution < 1.29 is 9.53 Å². The van der Waals surface area contributed by atoms with Crippen LogP contribution in [0, 0.1) is 11.8 Å². The molecule has 1 aromatic carbocycles. The standard InChI is InChI=1S/C24H38N2O2S/c1-4-6-13-26-17-19-10-8-7-9-18(19)14-20(26)16-25-24(27)22-15-21(29-5-2)11-12-23(22)28-3/h11-12,15,18-20H,4-10,13-14,16-17H2,1-3H3,(H,25,27)/t18?,19?,20-/m0/s1. The van der Waals surface area contributed by atoms with Crippen LogP contribution in [0.25, 0.3) is 0 Å². The Labute approximate surface area is 181 Å². The van der Waals surface area contributed by atoms with Gasteiger partial charge < -0.3 is 10.1 Å². The summed E-state index contributed by atoms with van der Waals surface area (Å²) in [6.45, 7) is 7.50. The number of nitrogens with one attached hydrogen (secondary N) is 1. The van der Waals surface area contributed by atoms with E-state index >= 15 is 0 Å². The Balaban J connectivity index is 1.66. The quantitative estimate of drug-likeness (QED) is 0.559. The highest BCUT2D eigenvalue weighted by Crippen LogP contribution is 2.38. The second kappa shape index (κ2) is 11.3. The molecule has 2 unspecified atom stereocenters. The minimum absolute atomic E-state index is 0.0124. The number of thioether (sulfide) groups is 1. The van der Waals surface area contributed by atoms with E-state index in [0.29, 0.717) is 17.4 Å². The molecule has 29 heavy (non-hydrogen) atoms. The van der Waals surface area contributed by atoms with Gasteiger partial charge in [0.1, 0.15) is 5.75 Å². The van der Waals surface area contributed by atoms with Gasteiger partial charge in [-0.1, -0.05) is 39.5 Å². The minimum atomic E-state index is -0.0124. The zero-order valence-electron chi connectivity index (χ0n) is 18.4. The summed E-state index contributed by atoms with van der Waals surface area (Å²) in [5.74, 6) is 3.35. The first-order valence-corrected chi connectivity index (χ1v) is 12.5. The third-order valence-corrected chi connectivity index (χ3v) is 7.53. The number of rotatable bonds is 9. The first-order valence-electron chi connectivity index (χ1n) is 11.5. The Morgan fingerprint density at radius 1 is 1.24 bits per heavy atom. The van der Waals surface area contributed by atoms with E-state index in [2.05, 4.69) is 24.1 Å². The molecule has 5 heteroatoms. The van der Waals surface area contributed by atoms with Crippen molar-refractivity contribution >= 4 is 17.7 Å². The van der Waals surface area contributed by atoms with Gasteiger partial charge in [-0.15, -0.1) is 11.8 Å². The average Bonchev–Trinajstić information content (AvgIpc) is 2.75. The lowest BCUT2D eigenvalue weighted by Gasteiger charge is -2.46. The summed E-state index contributed by atoms with van der Waals surface area (Å²) in [5.41, 5.74) is 0.650. The second-order valence-corrected chi connectivity index (χ2v) is 9.89. The molecule has 4 nitrogen and oxygen atoms in total. The third-order valence-electron chi connectivity index (χ3n) is 6.65. The number of likely N-dealkylation sites (tertiary alicyclic amines) is 1. The van der Waals surface area contributed by atoms with E-state index in [0.717, 1.165) is 35.6 Å². The van der Waals surface area contributed by atoms with E-state index < -0.39 is 0 Å². The molecule has 0 radical (unpaired) electrons. The average molecular weight is 419 g/mol. The summed E-state index contributed by atoms with van der Waals surface area (Å²) in [6.07, 6.45) is 9.25. The van der Waals surface area contributed by atoms with E-state index in [9.17, 15) is 4.79 Å². The van der Waals surface area contributed by atoms with Crippen LogP contribution in [0.5, 0.6) is 5.75 Å². The van der Waals surface area contributed by atoms with Crippen LogP contribution in [0.3, 0.4) is 0 Å². The number of unbranched alkanes of at least 4 members (excludes halogenated alkanes) is 1. The number of carbonyl (C=O) groups excluding carboxylic acids is 1. The number of methoxy groups -OCH3 is 1. The van der Waals surface area contributed by atoms with E-state index in [1.54, 1.807) is 18.9 Å². The van der Waals surface area contributed by atoms with Gasteiger partial charge in [0, 0.05) is 24.0 Å². The minimum Gasteiger partial charge on any atom is -0.496 e. The summed E-state index contributed by atoms with van der Waals surface area (Å²) in [6, 6.07) is 6.37. The topological polar surface area (TPSA) is 41.6 Å². The smallest absolute Gasteiger partial charge is 0.255 e. The number of piperidine rings is 1. The van der Waals surface area contributed by atoms with E-state index in [1.807, 2.05) is 18.2 Å². The predicted octanol–water partition coefficient (Wildman–Crippen LogP) is 5.22. The van der Waals surface area contributed by atoms with Crippen LogP contribution >= 0.6 is 11.8 Å². The maximum atomic E-state index is 13.0. The van der Waals surface area contributed by atoms with E-state index in [4.69, 9.17) is 4.74 Å². The maximum absolute atomic E-state index is 13.0. The number of hydrogen-bond acceptors (Lipinski definition) is 4. The number of amides is 1. The number of fused-ring (bicyclic) bond motifs is 1. The number of hydrogen-bond donors (Lipinski definition) is 1. The molecule has 1 saturated carbocycles. The Bertz CT molecular complexity index is 666. The lowest BCUT2D eigenvalue weighted by atomic mass is 9.73. The fourth-order valence-electron chi connectivity index (χ4n) is 5.06. The third kappa shape index (κ3) is 5.91. The highest BCUT2D eigenvalue weighted by Gasteiger charge is 2.36. The zero-order valence-corrected chi connectivity index (χ0v) is 19.2. The molecule has 0 spiro atoms. The van der Waals surface area contributed by atoms with Crippen LogP contribution in [0.1, 0.15) is 69.2 Å². The number of nitrogens with zero attached hydrogens (tertiary/aromatic N) is 1. The molecule has 1 saturated heterocycles. The Hall–Kier alpha value is -1.20. The van der Waals surface area contributed by atoms with Crippen molar-refractivity contribution in [3.63, 3.8) is 0 Å². The van der Waals surface area contributed by atoms with Crippen LogP contribution in [0.15, 0.2) is 23.1 Å². The molecule has 2 fully saturated rings. The molecule has 3 rings (SSSR count). The first-order chi connectivity index (χ1) is 14.2. The lowest BCUT2D eigenvalue weighted by molar-refractivity contribution is 0.0370. The SMILES string of the molecule is CCCCN1CC2CCCCC2C[C@H]1CNC(=O)c1cc(SCC)ccc1OC. The van der Waals surface area contributed by atoms with Crippen LogP contribution in [-0.2, 0) is 0 Å². The molecule has 2 aliphatic rings. The molecular weight excluding hydrogens is 380 g/mol. The normalized spacial score (nSPS) is 24.7. The summed E-state index contributed by atoms with van der Waals surface area (Å²) < 4.78 is 5.46. The van der Waals surface area contributed by atoms with E-state index in [1.165, 1.54) is 51.5 Å². The molecule has 1 N–H and O–H groups in total. The fourth-order valence-corrected chi connectivity index (χ4v) is 5.76. The van der Waals surface area contributed by atoms with Gasteiger partial charge in [-0.2, -0.15) is 0 Å². The Morgan fingerprint density at radius 3 is 2.76 bits per heavy atom. The van der Waals surface area contributed by atoms with Crippen molar-refractivity contribution in [2.75, 3.05) is 32.5 Å². The molecule has 162 valence electrons.